The molecule has 0 amide bonds. The highest BCUT2D eigenvalue weighted by Gasteiger charge is 1.87. The van der Waals surface area contributed by atoms with Crippen LogP contribution >= 0.6 is 0 Å². The quantitative estimate of drug-likeness (QED) is 0.515. The van der Waals surface area contributed by atoms with Crippen LogP contribution in [0.25, 0.3) is 0 Å². The summed E-state index contributed by atoms with van der Waals surface area (Å²) in [6.07, 6.45) is 8.89. The van der Waals surface area contributed by atoms with Gasteiger partial charge in [-0.3, -0.25) is 0 Å². The Balaban J connectivity index is 2.45. The number of rotatable bonds is 4. The minimum atomic E-state index is 0.846. The Kier molecular flexibility index (Phi) is 4.29. The van der Waals surface area contributed by atoms with E-state index in [2.05, 4.69) is 6.58 Å². The van der Waals surface area contributed by atoms with Crippen LogP contribution in [0.1, 0.15) is 5.56 Å². The third-order valence-corrected chi connectivity index (χ3v) is 1.66. The maximum Gasteiger partial charge on any atom is 0.126 e. The van der Waals surface area contributed by atoms with Gasteiger partial charge in [0.2, 0.25) is 0 Å². The van der Waals surface area contributed by atoms with Gasteiger partial charge < -0.3 is 4.74 Å². The predicted octanol–water partition coefficient (Wildman–Crippen LogP) is 3.63. The topological polar surface area (TPSA) is 9.23 Å². The average Bonchev–Trinajstić information content (AvgIpc) is 2.21. The van der Waals surface area contributed by atoms with Crippen molar-refractivity contribution in [3.8, 4) is 5.75 Å². The van der Waals surface area contributed by atoms with Crippen molar-refractivity contribution in [2.75, 3.05) is 0 Å². The summed E-state index contributed by atoms with van der Waals surface area (Å²) in [6, 6.07) is 7.92. The van der Waals surface area contributed by atoms with Crippen molar-refractivity contribution in [3.05, 3.63) is 67.0 Å². The Morgan fingerprint density at radius 2 is 1.79 bits per heavy atom. The van der Waals surface area contributed by atoms with Gasteiger partial charge >= 0.3 is 0 Å². The van der Waals surface area contributed by atoms with Crippen LogP contribution in [0.4, 0.5) is 0 Å². The number of aryl methyl sites for hydroxylation is 1. The summed E-state index contributed by atoms with van der Waals surface area (Å²) < 4.78 is 5.34. The molecule has 0 atom stereocenters. The van der Waals surface area contributed by atoms with Crippen molar-refractivity contribution in [2.24, 2.45) is 0 Å². The molecule has 1 nitrogen and oxygen atoms in total. The molecule has 0 saturated carbocycles. The summed E-state index contributed by atoms with van der Waals surface area (Å²) in [4.78, 5) is 0. The van der Waals surface area contributed by atoms with Gasteiger partial charge in [-0.15, -0.1) is 0 Å². The second-order valence-corrected chi connectivity index (χ2v) is 2.88. The van der Waals surface area contributed by atoms with Crippen molar-refractivity contribution < 1.29 is 4.74 Å². The SMILES string of the molecule is C=C/C=C\C=C\Oc1ccc(C)cc1. The van der Waals surface area contributed by atoms with Crippen LogP contribution in [0.2, 0.25) is 0 Å². The van der Waals surface area contributed by atoms with Gasteiger partial charge in [0.15, 0.2) is 0 Å². The highest BCUT2D eigenvalue weighted by molar-refractivity contribution is 5.27. The first-order chi connectivity index (χ1) is 6.83. The van der Waals surface area contributed by atoms with Gasteiger partial charge in [-0.1, -0.05) is 42.5 Å². The number of hydrogen-bond donors (Lipinski definition) is 0. The van der Waals surface area contributed by atoms with E-state index in [1.54, 1.807) is 12.3 Å². The Morgan fingerprint density at radius 1 is 1.07 bits per heavy atom. The molecule has 0 spiro atoms. The minimum absolute atomic E-state index is 0.846. The van der Waals surface area contributed by atoms with Gasteiger partial charge in [0, 0.05) is 0 Å². The van der Waals surface area contributed by atoms with Gasteiger partial charge in [-0.05, 0) is 25.1 Å². The van der Waals surface area contributed by atoms with Crippen molar-refractivity contribution >= 4 is 0 Å². The molecule has 1 heteroatoms. The number of hydrogen-bond acceptors (Lipinski definition) is 1. The van der Waals surface area contributed by atoms with Crippen LogP contribution < -0.4 is 4.74 Å². The summed E-state index contributed by atoms with van der Waals surface area (Å²) in [5, 5.41) is 0. The fraction of sp³-hybridized carbons (Fsp3) is 0.0769. The molecule has 1 aromatic carbocycles. The van der Waals surface area contributed by atoms with Crippen LogP contribution in [0.3, 0.4) is 0 Å². The highest BCUT2D eigenvalue weighted by Crippen LogP contribution is 2.11. The maximum absolute atomic E-state index is 5.34. The third kappa shape index (κ3) is 3.76. The normalized spacial score (nSPS) is 10.9. The van der Waals surface area contributed by atoms with Crippen LogP contribution in [-0.4, -0.2) is 0 Å². The molecule has 0 fully saturated rings. The first-order valence-electron chi connectivity index (χ1n) is 4.50. The predicted molar refractivity (Wildman–Crippen MR) is 60.3 cm³/mol. The van der Waals surface area contributed by atoms with Gasteiger partial charge in [0.25, 0.3) is 0 Å². The smallest absolute Gasteiger partial charge is 0.126 e. The standard InChI is InChI=1S/C13H14O/c1-3-4-5-6-11-14-13-9-7-12(2)8-10-13/h3-11H,1H2,2H3/b5-4-,11-6+. The average molecular weight is 186 g/mol. The molecule has 0 aliphatic carbocycles. The number of ether oxygens (including phenoxy) is 1. The first-order valence-corrected chi connectivity index (χ1v) is 4.50. The zero-order valence-corrected chi connectivity index (χ0v) is 8.31. The lowest BCUT2D eigenvalue weighted by Gasteiger charge is -1.98. The molecule has 0 N–H and O–H groups in total. The zero-order valence-electron chi connectivity index (χ0n) is 8.31. The summed E-state index contributed by atoms with van der Waals surface area (Å²) in [7, 11) is 0. The summed E-state index contributed by atoms with van der Waals surface area (Å²) >= 11 is 0. The Labute approximate surface area is 85.0 Å². The Bertz CT molecular complexity index is 331. The molecule has 0 heterocycles. The van der Waals surface area contributed by atoms with E-state index in [4.69, 9.17) is 4.74 Å². The third-order valence-electron chi connectivity index (χ3n) is 1.66. The fourth-order valence-corrected chi connectivity index (χ4v) is 0.923. The van der Waals surface area contributed by atoms with E-state index in [-0.39, 0.29) is 0 Å². The Morgan fingerprint density at radius 3 is 2.43 bits per heavy atom. The molecule has 72 valence electrons. The molecule has 0 aliphatic rings. The van der Waals surface area contributed by atoms with Crippen molar-refractivity contribution in [1.29, 1.82) is 0 Å². The second kappa shape index (κ2) is 5.81. The zero-order chi connectivity index (χ0) is 10.2. The van der Waals surface area contributed by atoms with E-state index >= 15 is 0 Å². The molecule has 0 saturated heterocycles. The van der Waals surface area contributed by atoms with E-state index < -0.39 is 0 Å². The van der Waals surface area contributed by atoms with E-state index in [1.807, 2.05) is 49.4 Å². The molecule has 0 bridgehead atoms. The van der Waals surface area contributed by atoms with Gasteiger partial charge in [-0.2, -0.15) is 0 Å². The van der Waals surface area contributed by atoms with Crippen molar-refractivity contribution in [2.45, 2.75) is 6.92 Å². The number of allylic oxidation sites excluding steroid dienone is 4. The van der Waals surface area contributed by atoms with E-state index in [9.17, 15) is 0 Å². The molecular weight excluding hydrogens is 172 g/mol. The van der Waals surface area contributed by atoms with Crippen LogP contribution in [0.5, 0.6) is 5.75 Å². The van der Waals surface area contributed by atoms with E-state index in [0.29, 0.717) is 0 Å². The molecule has 0 aliphatic heterocycles. The molecule has 0 unspecified atom stereocenters. The summed E-state index contributed by atoms with van der Waals surface area (Å²) in [6.45, 7) is 5.61. The molecule has 14 heavy (non-hydrogen) atoms. The first kappa shape index (κ1) is 10.3. The van der Waals surface area contributed by atoms with Crippen molar-refractivity contribution in [3.63, 3.8) is 0 Å². The van der Waals surface area contributed by atoms with E-state index in [1.165, 1.54) is 5.56 Å². The largest absolute Gasteiger partial charge is 0.465 e. The van der Waals surface area contributed by atoms with Gasteiger partial charge in [0.05, 0.1) is 6.26 Å². The van der Waals surface area contributed by atoms with E-state index in [0.717, 1.165) is 5.75 Å². The monoisotopic (exact) mass is 186 g/mol. The van der Waals surface area contributed by atoms with Crippen molar-refractivity contribution in [1.82, 2.24) is 0 Å². The van der Waals surface area contributed by atoms with Gasteiger partial charge in [0.1, 0.15) is 5.75 Å². The lowest BCUT2D eigenvalue weighted by Crippen LogP contribution is -1.80. The molecular formula is C13H14O. The summed E-state index contributed by atoms with van der Waals surface area (Å²) in [5.74, 6) is 0.846. The highest BCUT2D eigenvalue weighted by atomic mass is 16.5. The second-order valence-electron chi connectivity index (χ2n) is 2.88. The lowest BCUT2D eigenvalue weighted by molar-refractivity contribution is 0.481. The van der Waals surface area contributed by atoms with Crippen LogP contribution in [-0.2, 0) is 0 Å². The summed E-state index contributed by atoms with van der Waals surface area (Å²) in [5.41, 5.74) is 1.23. The lowest BCUT2D eigenvalue weighted by atomic mass is 10.2. The van der Waals surface area contributed by atoms with Crippen LogP contribution in [0, 0.1) is 6.92 Å². The molecule has 0 aromatic heterocycles. The minimum Gasteiger partial charge on any atom is -0.465 e. The van der Waals surface area contributed by atoms with Gasteiger partial charge in [-0.25, -0.2) is 0 Å². The fourth-order valence-electron chi connectivity index (χ4n) is 0.923. The Hall–Kier alpha value is -1.76. The molecule has 0 radical (unpaired) electrons. The van der Waals surface area contributed by atoms with Crippen LogP contribution in [0.15, 0.2) is 61.4 Å². The molecule has 1 aromatic rings. The molecule has 1 rings (SSSR count). The maximum atomic E-state index is 5.34. The number of benzene rings is 1.